The maximum Gasteiger partial charge on any atom is 0.124 e. The molecule has 0 aromatic heterocycles. The number of rotatable bonds is 3. The number of ether oxygens (including phenoxy) is 1. The second kappa shape index (κ2) is 4.47. The number of hydrogen-bond donors (Lipinski definition) is 1. The minimum absolute atomic E-state index is 0.200. The van der Waals surface area contributed by atoms with Crippen LogP contribution in [0.5, 0.6) is 5.75 Å². The van der Waals surface area contributed by atoms with Crippen molar-refractivity contribution in [2.45, 2.75) is 26.9 Å². The fourth-order valence-electron chi connectivity index (χ4n) is 1.44. The Bertz CT molecular complexity index is 305. The lowest BCUT2D eigenvalue weighted by molar-refractivity contribution is 0.123. The van der Waals surface area contributed by atoms with E-state index in [-0.39, 0.29) is 5.92 Å². The van der Waals surface area contributed by atoms with Gasteiger partial charge in [0.15, 0.2) is 0 Å². The smallest absolute Gasteiger partial charge is 0.124 e. The predicted molar refractivity (Wildman–Crippen MR) is 57.5 cm³/mol. The Morgan fingerprint density at radius 3 is 2.43 bits per heavy atom. The molecule has 14 heavy (non-hydrogen) atoms. The van der Waals surface area contributed by atoms with Gasteiger partial charge in [0.1, 0.15) is 5.75 Å². The van der Waals surface area contributed by atoms with Crippen LogP contribution < -0.4 is 4.74 Å². The van der Waals surface area contributed by atoms with Crippen LogP contribution in [0.3, 0.4) is 0 Å². The predicted octanol–water partition coefficient (Wildman–Crippen LogP) is 2.69. The first-order valence-electron chi connectivity index (χ1n) is 4.89. The third-order valence-corrected chi connectivity index (χ3v) is 2.34. The third-order valence-electron chi connectivity index (χ3n) is 2.34. The molecule has 0 spiro atoms. The van der Waals surface area contributed by atoms with Gasteiger partial charge in [-0.3, -0.25) is 0 Å². The number of aliphatic hydroxyl groups is 1. The van der Waals surface area contributed by atoms with Gasteiger partial charge in [0.2, 0.25) is 0 Å². The summed E-state index contributed by atoms with van der Waals surface area (Å²) in [6.45, 7) is 5.99. The molecule has 0 bridgehead atoms. The van der Waals surface area contributed by atoms with Crippen molar-refractivity contribution >= 4 is 0 Å². The van der Waals surface area contributed by atoms with Crippen molar-refractivity contribution in [3.63, 3.8) is 0 Å². The molecule has 1 aromatic carbocycles. The van der Waals surface area contributed by atoms with Crippen LogP contribution in [0.2, 0.25) is 0 Å². The summed E-state index contributed by atoms with van der Waals surface area (Å²) in [4.78, 5) is 0. The summed E-state index contributed by atoms with van der Waals surface area (Å²) >= 11 is 0. The molecule has 0 fully saturated rings. The van der Waals surface area contributed by atoms with Gasteiger partial charge in [-0.1, -0.05) is 25.5 Å². The maximum absolute atomic E-state index is 9.95. The van der Waals surface area contributed by atoms with Crippen LogP contribution in [0, 0.1) is 12.8 Å². The standard InChI is InChI=1S/C12H18O2/c1-8(2)12(13)10-7-9(3)5-6-11(10)14-4/h5-8,12-13H,1-4H3. The average Bonchev–Trinajstić information content (AvgIpc) is 2.16. The molecule has 0 aliphatic carbocycles. The van der Waals surface area contributed by atoms with Crippen LogP contribution in [0.15, 0.2) is 18.2 Å². The average molecular weight is 194 g/mol. The number of aryl methyl sites for hydroxylation is 1. The molecule has 2 nitrogen and oxygen atoms in total. The van der Waals surface area contributed by atoms with Crippen molar-refractivity contribution in [2.75, 3.05) is 7.11 Å². The third kappa shape index (κ3) is 2.26. The van der Waals surface area contributed by atoms with E-state index in [1.54, 1.807) is 7.11 Å². The first kappa shape index (κ1) is 11.1. The maximum atomic E-state index is 9.95. The largest absolute Gasteiger partial charge is 0.496 e. The topological polar surface area (TPSA) is 29.5 Å². The van der Waals surface area contributed by atoms with Crippen LogP contribution in [0.1, 0.15) is 31.1 Å². The zero-order valence-electron chi connectivity index (χ0n) is 9.24. The highest BCUT2D eigenvalue weighted by Crippen LogP contribution is 2.30. The van der Waals surface area contributed by atoms with Gasteiger partial charge < -0.3 is 9.84 Å². The Morgan fingerprint density at radius 2 is 1.93 bits per heavy atom. The van der Waals surface area contributed by atoms with Gasteiger partial charge in [0.05, 0.1) is 13.2 Å². The second-order valence-electron chi connectivity index (χ2n) is 3.93. The number of methoxy groups -OCH3 is 1. The molecule has 78 valence electrons. The van der Waals surface area contributed by atoms with E-state index in [1.165, 1.54) is 0 Å². The van der Waals surface area contributed by atoms with E-state index in [4.69, 9.17) is 4.74 Å². The van der Waals surface area contributed by atoms with E-state index in [2.05, 4.69) is 0 Å². The molecule has 1 N–H and O–H groups in total. The normalized spacial score (nSPS) is 13.0. The van der Waals surface area contributed by atoms with E-state index in [0.29, 0.717) is 0 Å². The highest BCUT2D eigenvalue weighted by Gasteiger charge is 2.16. The number of hydrogen-bond acceptors (Lipinski definition) is 2. The molecule has 0 saturated heterocycles. The lowest BCUT2D eigenvalue weighted by Crippen LogP contribution is -2.07. The summed E-state index contributed by atoms with van der Waals surface area (Å²) in [6.07, 6.45) is -0.454. The van der Waals surface area contributed by atoms with Gasteiger partial charge in [-0.05, 0) is 25.0 Å². The molecule has 1 aromatic rings. The lowest BCUT2D eigenvalue weighted by Gasteiger charge is -2.18. The SMILES string of the molecule is COc1ccc(C)cc1C(O)C(C)C. The molecule has 0 heterocycles. The number of aliphatic hydroxyl groups excluding tert-OH is 1. The minimum Gasteiger partial charge on any atom is -0.496 e. The second-order valence-corrected chi connectivity index (χ2v) is 3.93. The molecule has 0 aliphatic heterocycles. The van der Waals surface area contributed by atoms with Gasteiger partial charge in [-0.2, -0.15) is 0 Å². The fourth-order valence-corrected chi connectivity index (χ4v) is 1.44. The summed E-state index contributed by atoms with van der Waals surface area (Å²) in [5.41, 5.74) is 2.02. The van der Waals surface area contributed by atoms with Crippen molar-refractivity contribution in [1.29, 1.82) is 0 Å². The van der Waals surface area contributed by atoms with Gasteiger partial charge in [0, 0.05) is 5.56 Å². The zero-order valence-corrected chi connectivity index (χ0v) is 9.24. The van der Waals surface area contributed by atoms with Crippen LogP contribution in [-0.2, 0) is 0 Å². The Morgan fingerprint density at radius 1 is 1.29 bits per heavy atom. The van der Waals surface area contributed by atoms with E-state index in [0.717, 1.165) is 16.9 Å². The quantitative estimate of drug-likeness (QED) is 0.801. The molecular weight excluding hydrogens is 176 g/mol. The molecule has 0 amide bonds. The van der Waals surface area contributed by atoms with Crippen LogP contribution in [0.25, 0.3) is 0 Å². The summed E-state index contributed by atoms with van der Waals surface area (Å²) in [7, 11) is 1.63. The van der Waals surface area contributed by atoms with Crippen molar-refractivity contribution in [2.24, 2.45) is 5.92 Å². The van der Waals surface area contributed by atoms with Gasteiger partial charge in [0.25, 0.3) is 0 Å². The molecule has 0 radical (unpaired) electrons. The van der Waals surface area contributed by atoms with E-state index in [1.807, 2.05) is 39.0 Å². The van der Waals surface area contributed by atoms with Crippen molar-refractivity contribution < 1.29 is 9.84 Å². The molecule has 1 atom stereocenters. The fraction of sp³-hybridized carbons (Fsp3) is 0.500. The van der Waals surface area contributed by atoms with Crippen molar-refractivity contribution in [3.05, 3.63) is 29.3 Å². The first-order valence-corrected chi connectivity index (χ1v) is 4.89. The van der Waals surface area contributed by atoms with Crippen molar-refractivity contribution in [3.8, 4) is 5.75 Å². The Labute approximate surface area is 85.5 Å². The molecule has 0 aliphatic rings. The van der Waals surface area contributed by atoms with E-state index in [9.17, 15) is 5.11 Å². The summed E-state index contributed by atoms with van der Waals surface area (Å²) in [5, 5.41) is 9.95. The van der Waals surface area contributed by atoms with Crippen LogP contribution in [0.4, 0.5) is 0 Å². The van der Waals surface area contributed by atoms with Gasteiger partial charge >= 0.3 is 0 Å². The van der Waals surface area contributed by atoms with Crippen LogP contribution in [-0.4, -0.2) is 12.2 Å². The molecular formula is C12H18O2. The van der Waals surface area contributed by atoms with E-state index >= 15 is 0 Å². The summed E-state index contributed by atoms with van der Waals surface area (Å²) in [6, 6.07) is 5.86. The molecule has 0 saturated carbocycles. The minimum atomic E-state index is -0.454. The van der Waals surface area contributed by atoms with Gasteiger partial charge in [-0.15, -0.1) is 0 Å². The summed E-state index contributed by atoms with van der Waals surface area (Å²) in [5.74, 6) is 0.961. The Hall–Kier alpha value is -1.02. The first-order chi connectivity index (χ1) is 6.56. The van der Waals surface area contributed by atoms with Gasteiger partial charge in [-0.25, -0.2) is 0 Å². The summed E-state index contributed by atoms with van der Waals surface area (Å²) < 4.78 is 5.21. The molecule has 2 heteroatoms. The molecule has 1 rings (SSSR count). The molecule has 1 unspecified atom stereocenters. The van der Waals surface area contributed by atoms with Crippen LogP contribution >= 0.6 is 0 Å². The monoisotopic (exact) mass is 194 g/mol. The van der Waals surface area contributed by atoms with Crippen molar-refractivity contribution in [1.82, 2.24) is 0 Å². The Kier molecular flexibility index (Phi) is 3.53. The lowest BCUT2D eigenvalue weighted by atomic mass is 9.97. The van der Waals surface area contributed by atoms with E-state index < -0.39 is 6.10 Å². The highest BCUT2D eigenvalue weighted by atomic mass is 16.5. The highest BCUT2D eigenvalue weighted by molar-refractivity contribution is 5.38. The Balaban J connectivity index is 3.10. The zero-order chi connectivity index (χ0) is 10.7. The number of benzene rings is 1.